The predicted molar refractivity (Wildman–Crippen MR) is 78.9 cm³/mol. The lowest BCUT2D eigenvalue weighted by Gasteiger charge is -2.44. The van der Waals surface area contributed by atoms with Gasteiger partial charge in [-0.05, 0) is 71.4 Å². The van der Waals surface area contributed by atoms with E-state index in [1.807, 2.05) is 0 Å². The summed E-state index contributed by atoms with van der Waals surface area (Å²) in [6.45, 7) is 13.1. The summed E-state index contributed by atoms with van der Waals surface area (Å²) in [5.74, 6) is 1.90. The van der Waals surface area contributed by atoms with Crippen LogP contribution in [-0.4, -0.2) is 36.1 Å². The first-order valence-electron chi connectivity index (χ1n) is 7.98. The van der Waals surface area contributed by atoms with Gasteiger partial charge in [-0.25, -0.2) is 0 Å². The van der Waals surface area contributed by atoms with Crippen LogP contribution in [0.25, 0.3) is 0 Å². The lowest BCUT2D eigenvalue weighted by molar-refractivity contribution is 0.0744. The summed E-state index contributed by atoms with van der Waals surface area (Å²) in [6.07, 6.45) is 7.12. The second-order valence-corrected chi connectivity index (χ2v) is 7.47. The Balaban J connectivity index is 1.73. The Bertz CT molecular complexity index is 256. The molecule has 18 heavy (non-hydrogen) atoms. The Morgan fingerprint density at radius 1 is 1.17 bits per heavy atom. The zero-order chi connectivity index (χ0) is 13.2. The Morgan fingerprint density at radius 3 is 2.50 bits per heavy atom. The fourth-order valence-corrected chi connectivity index (χ4v) is 3.52. The maximum absolute atomic E-state index is 3.69. The van der Waals surface area contributed by atoms with Crippen molar-refractivity contribution in [2.24, 2.45) is 11.8 Å². The molecule has 1 aliphatic heterocycles. The summed E-state index contributed by atoms with van der Waals surface area (Å²) < 4.78 is 0. The average molecular weight is 252 g/mol. The zero-order valence-electron chi connectivity index (χ0n) is 12.8. The molecular weight excluding hydrogens is 220 g/mol. The number of nitrogens with zero attached hydrogens (tertiary/aromatic N) is 1. The van der Waals surface area contributed by atoms with Gasteiger partial charge >= 0.3 is 0 Å². The van der Waals surface area contributed by atoms with Crippen molar-refractivity contribution in [1.82, 2.24) is 10.2 Å². The first kappa shape index (κ1) is 14.3. The summed E-state index contributed by atoms with van der Waals surface area (Å²) in [6, 6.07) is 0.890. The molecule has 2 heteroatoms. The molecule has 0 bridgehead atoms. The number of hydrogen-bond acceptors (Lipinski definition) is 2. The summed E-state index contributed by atoms with van der Waals surface area (Å²) in [5.41, 5.74) is 0.274. The first-order chi connectivity index (χ1) is 8.49. The monoisotopic (exact) mass is 252 g/mol. The van der Waals surface area contributed by atoms with Crippen LogP contribution in [-0.2, 0) is 0 Å². The van der Waals surface area contributed by atoms with Crippen molar-refractivity contribution in [1.29, 1.82) is 0 Å². The van der Waals surface area contributed by atoms with Gasteiger partial charge in [-0.15, -0.1) is 0 Å². The summed E-state index contributed by atoms with van der Waals surface area (Å²) in [7, 11) is 0. The van der Waals surface area contributed by atoms with Gasteiger partial charge in [-0.3, -0.25) is 4.90 Å². The molecule has 0 spiro atoms. The minimum atomic E-state index is 0.274. The van der Waals surface area contributed by atoms with Crippen molar-refractivity contribution in [3.63, 3.8) is 0 Å². The second-order valence-electron chi connectivity index (χ2n) is 7.47. The molecule has 0 radical (unpaired) electrons. The van der Waals surface area contributed by atoms with Gasteiger partial charge < -0.3 is 5.32 Å². The number of rotatable bonds is 5. The minimum absolute atomic E-state index is 0.274. The number of likely N-dealkylation sites (tertiary alicyclic amines) is 1. The Kier molecular flexibility index (Phi) is 4.71. The van der Waals surface area contributed by atoms with E-state index in [2.05, 4.69) is 37.9 Å². The van der Waals surface area contributed by atoms with Crippen LogP contribution in [0.4, 0.5) is 0 Å². The van der Waals surface area contributed by atoms with E-state index in [0.29, 0.717) is 0 Å². The van der Waals surface area contributed by atoms with Crippen LogP contribution in [0.1, 0.15) is 59.8 Å². The van der Waals surface area contributed by atoms with E-state index < -0.39 is 0 Å². The standard InChI is InChI=1S/C16H32N2/c1-5-6-13-9-10-18(12-13)15-8-7-14(15)11-17-16(2,3)4/h13-15,17H,5-12H2,1-4H3. The molecule has 2 nitrogen and oxygen atoms in total. The molecule has 0 amide bonds. The third-order valence-corrected chi connectivity index (χ3v) is 4.76. The third-order valence-electron chi connectivity index (χ3n) is 4.76. The SMILES string of the molecule is CCCC1CCN(C2CCC2CNC(C)(C)C)C1. The van der Waals surface area contributed by atoms with E-state index in [9.17, 15) is 0 Å². The summed E-state index contributed by atoms with van der Waals surface area (Å²) in [4.78, 5) is 2.79. The molecule has 3 unspecified atom stereocenters. The van der Waals surface area contributed by atoms with Crippen LogP contribution in [0.15, 0.2) is 0 Å². The average Bonchev–Trinajstić information content (AvgIpc) is 2.63. The Hall–Kier alpha value is -0.0800. The normalized spacial score (nSPS) is 33.7. The summed E-state index contributed by atoms with van der Waals surface area (Å²) >= 11 is 0. The highest BCUT2D eigenvalue weighted by atomic mass is 15.2. The molecule has 3 atom stereocenters. The molecule has 0 aromatic heterocycles. The van der Waals surface area contributed by atoms with Crippen LogP contribution < -0.4 is 5.32 Å². The molecular formula is C16H32N2. The van der Waals surface area contributed by atoms with Gasteiger partial charge in [0.1, 0.15) is 0 Å². The lowest BCUT2D eigenvalue weighted by Crippen LogP contribution is -2.52. The Labute approximate surface area is 114 Å². The molecule has 2 fully saturated rings. The summed E-state index contributed by atoms with van der Waals surface area (Å²) in [5, 5.41) is 3.69. The topological polar surface area (TPSA) is 15.3 Å². The van der Waals surface area contributed by atoms with Crippen molar-refractivity contribution in [3.8, 4) is 0 Å². The number of nitrogens with one attached hydrogen (secondary N) is 1. The van der Waals surface area contributed by atoms with Crippen LogP contribution in [0, 0.1) is 11.8 Å². The lowest BCUT2D eigenvalue weighted by atomic mass is 9.78. The van der Waals surface area contributed by atoms with Gasteiger partial charge in [0.2, 0.25) is 0 Å². The molecule has 1 N–H and O–H groups in total. The van der Waals surface area contributed by atoms with Crippen molar-refractivity contribution in [3.05, 3.63) is 0 Å². The Morgan fingerprint density at radius 2 is 1.94 bits per heavy atom. The van der Waals surface area contributed by atoms with Gasteiger partial charge in [-0.2, -0.15) is 0 Å². The quantitative estimate of drug-likeness (QED) is 0.808. The molecule has 0 aromatic rings. The van der Waals surface area contributed by atoms with Crippen LogP contribution in [0.5, 0.6) is 0 Å². The van der Waals surface area contributed by atoms with Gasteiger partial charge in [0.25, 0.3) is 0 Å². The van der Waals surface area contributed by atoms with Crippen molar-refractivity contribution < 1.29 is 0 Å². The smallest absolute Gasteiger partial charge is 0.0136 e. The third kappa shape index (κ3) is 3.71. The van der Waals surface area contributed by atoms with E-state index in [0.717, 1.165) is 17.9 Å². The highest BCUT2D eigenvalue weighted by molar-refractivity contribution is 4.94. The molecule has 2 rings (SSSR count). The largest absolute Gasteiger partial charge is 0.312 e. The van der Waals surface area contributed by atoms with Crippen molar-refractivity contribution >= 4 is 0 Å². The zero-order valence-corrected chi connectivity index (χ0v) is 12.8. The van der Waals surface area contributed by atoms with Crippen molar-refractivity contribution in [2.75, 3.05) is 19.6 Å². The van der Waals surface area contributed by atoms with Crippen LogP contribution >= 0.6 is 0 Å². The molecule has 1 saturated carbocycles. The van der Waals surface area contributed by atoms with Crippen LogP contribution in [0.3, 0.4) is 0 Å². The molecule has 106 valence electrons. The molecule has 1 saturated heterocycles. The van der Waals surface area contributed by atoms with E-state index in [1.165, 1.54) is 51.7 Å². The van der Waals surface area contributed by atoms with Gasteiger partial charge in [0.05, 0.1) is 0 Å². The predicted octanol–water partition coefficient (Wildman–Crippen LogP) is 3.28. The van der Waals surface area contributed by atoms with E-state index >= 15 is 0 Å². The van der Waals surface area contributed by atoms with Gasteiger partial charge in [0, 0.05) is 18.1 Å². The van der Waals surface area contributed by atoms with Gasteiger partial charge in [-0.1, -0.05) is 13.3 Å². The highest BCUT2D eigenvalue weighted by Gasteiger charge is 2.38. The highest BCUT2D eigenvalue weighted by Crippen LogP contribution is 2.36. The first-order valence-corrected chi connectivity index (χ1v) is 7.98. The van der Waals surface area contributed by atoms with Crippen molar-refractivity contribution in [2.45, 2.75) is 71.4 Å². The fourth-order valence-electron chi connectivity index (χ4n) is 3.52. The molecule has 0 aromatic carbocycles. The maximum Gasteiger partial charge on any atom is 0.0136 e. The van der Waals surface area contributed by atoms with E-state index in [4.69, 9.17) is 0 Å². The van der Waals surface area contributed by atoms with Gasteiger partial charge in [0.15, 0.2) is 0 Å². The van der Waals surface area contributed by atoms with E-state index in [-0.39, 0.29) is 5.54 Å². The molecule has 2 aliphatic rings. The number of hydrogen-bond donors (Lipinski definition) is 1. The molecule has 1 heterocycles. The minimum Gasteiger partial charge on any atom is -0.312 e. The molecule has 1 aliphatic carbocycles. The van der Waals surface area contributed by atoms with Crippen LogP contribution in [0.2, 0.25) is 0 Å². The fraction of sp³-hybridized carbons (Fsp3) is 1.00. The maximum atomic E-state index is 3.69. The second kappa shape index (κ2) is 5.92. The van der Waals surface area contributed by atoms with E-state index in [1.54, 1.807) is 0 Å².